The Kier molecular flexibility index (Phi) is 7.28. The number of hydrogen-bond donors (Lipinski definition) is 0. The molecule has 0 bridgehead atoms. The molecular weight excluding hydrogens is 198 g/mol. The first-order valence-electron chi connectivity index (χ1n) is 7.06. The van der Waals surface area contributed by atoms with Gasteiger partial charge in [0.1, 0.15) is 6.61 Å². The highest BCUT2D eigenvalue weighted by Crippen LogP contribution is 2.14. The Hall–Kier alpha value is -0.530. The maximum atomic E-state index is 5.55. The number of hydrogen-bond acceptors (Lipinski definition) is 2. The summed E-state index contributed by atoms with van der Waals surface area (Å²) < 4.78 is 5.55. The summed E-state index contributed by atoms with van der Waals surface area (Å²) in [5.74, 6) is 1.01. The highest BCUT2D eigenvalue weighted by atomic mass is 16.5. The minimum absolute atomic E-state index is 0.444. The first-order chi connectivity index (χ1) is 7.86. The molecular formula is C14H27NO. The van der Waals surface area contributed by atoms with E-state index in [2.05, 4.69) is 18.8 Å². The quantitative estimate of drug-likeness (QED) is 0.535. The summed E-state index contributed by atoms with van der Waals surface area (Å²) in [6.45, 7) is 5.26. The lowest BCUT2D eigenvalue weighted by molar-refractivity contribution is 0.306. The third-order valence-corrected chi connectivity index (χ3v) is 3.23. The van der Waals surface area contributed by atoms with Crippen LogP contribution in [0.2, 0.25) is 0 Å². The predicted molar refractivity (Wildman–Crippen MR) is 70.1 cm³/mol. The highest BCUT2D eigenvalue weighted by molar-refractivity contribution is 5.77. The molecule has 0 spiro atoms. The van der Waals surface area contributed by atoms with Crippen molar-refractivity contribution in [2.45, 2.75) is 77.7 Å². The van der Waals surface area contributed by atoms with Crippen molar-refractivity contribution in [3.63, 3.8) is 0 Å². The van der Waals surface area contributed by atoms with Crippen LogP contribution in [-0.4, -0.2) is 18.5 Å². The van der Waals surface area contributed by atoms with Crippen molar-refractivity contribution in [3.05, 3.63) is 0 Å². The largest absolute Gasteiger partial charge is 0.479 e. The number of nitrogens with zero attached hydrogens (tertiary/aromatic N) is 1. The van der Waals surface area contributed by atoms with Crippen molar-refractivity contribution in [3.8, 4) is 0 Å². The molecule has 1 unspecified atom stereocenters. The zero-order chi connectivity index (χ0) is 11.6. The monoisotopic (exact) mass is 225 g/mol. The Morgan fingerprint density at radius 1 is 1.06 bits per heavy atom. The molecule has 0 saturated carbocycles. The van der Waals surface area contributed by atoms with Crippen LogP contribution < -0.4 is 0 Å². The van der Waals surface area contributed by atoms with Crippen molar-refractivity contribution >= 4 is 5.90 Å². The van der Waals surface area contributed by atoms with E-state index in [9.17, 15) is 0 Å². The van der Waals surface area contributed by atoms with Gasteiger partial charge in [-0.1, -0.05) is 52.4 Å². The molecule has 0 aromatic heterocycles. The molecule has 2 nitrogen and oxygen atoms in total. The van der Waals surface area contributed by atoms with Crippen LogP contribution >= 0.6 is 0 Å². The number of ether oxygens (including phenoxy) is 1. The van der Waals surface area contributed by atoms with Gasteiger partial charge in [0.05, 0.1) is 6.04 Å². The molecule has 0 amide bonds. The topological polar surface area (TPSA) is 21.6 Å². The van der Waals surface area contributed by atoms with Crippen LogP contribution in [0.3, 0.4) is 0 Å². The second-order valence-corrected chi connectivity index (χ2v) is 4.77. The van der Waals surface area contributed by atoms with Crippen LogP contribution in [0.1, 0.15) is 71.6 Å². The average molecular weight is 225 g/mol. The van der Waals surface area contributed by atoms with Gasteiger partial charge in [0.15, 0.2) is 5.90 Å². The molecule has 1 atom stereocenters. The molecule has 0 saturated heterocycles. The lowest BCUT2D eigenvalue weighted by Gasteiger charge is -2.01. The Bertz CT molecular complexity index is 201. The molecule has 0 N–H and O–H groups in total. The summed E-state index contributed by atoms with van der Waals surface area (Å²) >= 11 is 0. The van der Waals surface area contributed by atoms with E-state index in [0.29, 0.717) is 6.04 Å². The summed E-state index contributed by atoms with van der Waals surface area (Å²) in [5.41, 5.74) is 0. The third-order valence-electron chi connectivity index (χ3n) is 3.23. The fraction of sp³-hybridized carbons (Fsp3) is 0.929. The fourth-order valence-corrected chi connectivity index (χ4v) is 2.05. The predicted octanol–water partition coefficient (Wildman–Crippen LogP) is 4.33. The van der Waals surface area contributed by atoms with E-state index >= 15 is 0 Å². The van der Waals surface area contributed by atoms with Crippen LogP contribution in [0.5, 0.6) is 0 Å². The van der Waals surface area contributed by atoms with Gasteiger partial charge >= 0.3 is 0 Å². The molecule has 1 rings (SSSR count). The van der Waals surface area contributed by atoms with E-state index < -0.39 is 0 Å². The summed E-state index contributed by atoms with van der Waals surface area (Å²) in [6.07, 6.45) is 11.7. The van der Waals surface area contributed by atoms with E-state index in [-0.39, 0.29) is 0 Å². The lowest BCUT2D eigenvalue weighted by atomic mass is 10.1. The van der Waals surface area contributed by atoms with Gasteiger partial charge in [-0.2, -0.15) is 0 Å². The van der Waals surface area contributed by atoms with Gasteiger partial charge in [0, 0.05) is 6.42 Å². The van der Waals surface area contributed by atoms with Gasteiger partial charge in [-0.15, -0.1) is 0 Å². The smallest absolute Gasteiger partial charge is 0.183 e. The maximum absolute atomic E-state index is 5.55. The van der Waals surface area contributed by atoms with Gasteiger partial charge in [-0.05, 0) is 12.8 Å². The van der Waals surface area contributed by atoms with Crippen LogP contribution in [0.25, 0.3) is 0 Å². The SMILES string of the molecule is CCCCCCCCCC1=NC(CC)CO1. The Morgan fingerprint density at radius 3 is 2.38 bits per heavy atom. The minimum Gasteiger partial charge on any atom is -0.479 e. The van der Waals surface area contributed by atoms with Gasteiger partial charge in [0.2, 0.25) is 0 Å². The van der Waals surface area contributed by atoms with Crippen LogP contribution in [0, 0.1) is 0 Å². The van der Waals surface area contributed by atoms with Gasteiger partial charge < -0.3 is 4.74 Å². The van der Waals surface area contributed by atoms with Crippen molar-refractivity contribution in [1.29, 1.82) is 0 Å². The van der Waals surface area contributed by atoms with Crippen molar-refractivity contribution in [2.24, 2.45) is 4.99 Å². The van der Waals surface area contributed by atoms with E-state index in [1.54, 1.807) is 0 Å². The van der Waals surface area contributed by atoms with Crippen LogP contribution in [-0.2, 0) is 4.74 Å². The second kappa shape index (κ2) is 8.60. The zero-order valence-electron chi connectivity index (χ0n) is 11.0. The van der Waals surface area contributed by atoms with Crippen molar-refractivity contribution in [1.82, 2.24) is 0 Å². The first kappa shape index (κ1) is 13.5. The van der Waals surface area contributed by atoms with Crippen molar-refractivity contribution in [2.75, 3.05) is 6.61 Å². The summed E-state index contributed by atoms with van der Waals surface area (Å²) in [6, 6.07) is 0.444. The average Bonchev–Trinajstić information content (AvgIpc) is 2.76. The Morgan fingerprint density at radius 2 is 1.75 bits per heavy atom. The molecule has 0 fully saturated rings. The van der Waals surface area contributed by atoms with Crippen LogP contribution in [0.15, 0.2) is 4.99 Å². The minimum atomic E-state index is 0.444. The molecule has 0 aromatic carbocycles. The van der Waals surface area contributed by atoms with Gasteiger partial charge in [-0.3, -0.25) is 0 Å². The molecule has 1 aliphatic rings. The van der Waals surface area contributed by atoms with Crippen LogP contribution in [0.4, 0.5) is 0 Å². The third kappa shape index (κ3) is 5.53. The van der Waals surface area contributed by atoms with E-state index in [4.69, 9.17) is 4.74 Å². The van der Waals surface area contributed by atoms with E-state index in [0.717, 1.165) is 25.3 Å². The maximum Gasteiger partial charge on any atom is 0.183 e. The number of unbranched alkanes of at least 4 members (excludes halogenated alkanes) is 6. The molecule has 0 radical (unpaired) electrons. The van der Waals surface area contributed by atoms with E-state index in [1.807, 2.05) is 0 Å². The first-order valence-corrected chi connectivity index (χ1v) is 7.06. The van der Waals surface area contributed by atoms with Gasteiger partial charge in [-0.25, -0.2) is 4.99 Å². The van der Waals surface area contributed by atoms with E-state index in [1.165, 1.54) is 44.9 Å². The summed E-state index contributed by atoms with van der Waals surface area (Å²) in [7, 11) is 0. The standard InChI is InChI=1S/C14H27NO/c1-3-5-6-7-8-9-10-11-14-15-13(4-2)12-16-14/h13H,3-12H2,1-2H3. The molecule has 1 heterocycles. The lowest BCUT2D eigenvalue weighted by Crippen LogP contribution is -2.03. The fourth-order valence-electron chi connectivity index (χ4n) is 2.05. The highest BCUT2D eigenvalue weighted by Gasteiger charge is 2.15. The Balaban J connectivity index is 1.91. The summed E-state index contributed by atoms with van der Waals surface area (Å²) in [5, 5.41) is 0. The molecule has 16 heavy (non-hydrogen) atoms. The molecule has 1 aliphatic heterocycles. The zero-order valence-corrected chi connectivity index (χ0v) is 11.0. The molecule has 0 aromatic rings. The van der Waals surface area contributed by atoms with Gasteiger partial charge in [0.25, 0.3) is 0 Å². The number of aliphatic imine (C=N–C) groups is 1. The second-order valence-electron chi connectivity index (χ2n) is 4.77. The molecule has 94 valence electrons. The van der Waals surface area contributed by atoms with Crippen molar-refractivity contribution < 1.29 is 4.74 Å². The summed E-state index contributed by atoms with van der Waals surface area (Å²) in [4.78, 5) is 4.55. The molecule has 0 aliphatic carbocycles. The number of rotatable bonds is 9. The Labute approximate surface area is 100 Å². The normalized spacial score (nSPS) is 19.6. The molecule has 2 heteroatoms.